The first kappa shape index (κ1) is 27.8. The summed E-state index contributed by atoms with van der Waals surface area (Å²) < 4.78 is 12.1. The van der Waals surface area contributed by atoms with Crippen LogP contribution in [0.15, 0.2) is 71.9 Å². The molecule has 6 nitrogen and oxygen atoms in total. The Kier molecular flexibility index (Phi) is 8.98. The fourth-order valence-corrected chi connectivity index (χ4v) is 3.56. The number of hydrogen-bond acceptors (Lipinski definition) is 5. The van der Waals surface area contributed by atoms with Crippen LogP contribution in [-0.2, 0) is 33.7 Å². The van der Waals surface area contributed by atoms with E-state index in [0.29, 0.717) is 30.3 Å². The van der Waals surface area contributed by atoms with Crippen molar-refractivity contribution < 1.29 is 24.2 Å². The number of carbonyl (C=O) groups is 1. The molecule has 0 heterocycles. The Balaban J connectivity index is 1.71. The van der Waals surface area contributed by atoms with Crippen LogP contribution in [0.4, 0.5) is 0 Å². The van der Waals surface area contributed by atoms with Gasteiger partial charge in [-0.3, -0.25) is 0 Å². The van der Waals surface area contributed by atoms with E-state index in [1.54, 1.807) is 6.07 Å². The zero-order valence-corrected chi connectivity index (χ0v) is 22.6. The summed E-state index contributed by atoms with van der Waals surface area (Å²) in [6.45, 7) is 13.4. The van der Waals surface area contributed by atoms with E-state index >= 15 is 0 Å². The Labute approximate surface area is 219 Å². The molecule has 0 saturated heterocycles. The molecule has 3 aromatic rings. The predicted molar refractivity (Wildman–Crippen MR) is 147 cm³/mol. The number of benzene rings is 3. The highest BCUT2D eigenvalue weighted by Gasteiger charge is 2.14. The third-order valence-corrected chi connectivity index (χ3v) is 5.88. The molecular formula is C31H37NO5. The fraction of sp³-hybridized carbons (Fsp3) is 0.355. The molecule has 0 aromatic heterocycles. The average Bonchev–Trinajstić information content (AvgIpc) is 2.84. The van der Waals surface area contributed by atoms with Gasteiger partial charge in [0.15, 0.2) is 0 Å². The van der Waals surface area contributed by atoms with Crippen molar-refractivity contribution in [3.63, 3.8) is 0 Å². The topological polar surface area (TPSA) is 77.3 Å². The predicted octanol–water partition coefficient (Wildman–Crippen LogP) is 6.87. The van der Waals surface area contributed by atoms with Crippen LogP contribution >= 0.6 is 0 Å². The molecule has 196 valence electrons. The van der Waals surface area contributed by atoms with E-state index < -0.39 is 12.6 Å². The maximum absolute atomic E-state index is 10.7. The lowest BCUT2D eigenvalue weighted by atomic mass is 9.87. The molecule has 0 aliphatic carbocycles. The van der Waals surface area contributed by atoms with E-state index in [-0.39, 0.29) is 10.8 Å². The third-order valence-electron chi connectivity index (χ3n) is 5.88. The Hall–Kier alpha value is -3.80. The van der Waals surface area contributed by atoms with Gasteiger partial charge in [-0.2, -0.15) is 0 Å². The Bertz CT molecular complexity index is 1200. The summed E-state index contributed by atoms with van der Waals surface area (Å²) in [6, 6.07) is 22.2. The second-order valence-corrected chi connectivity index (χ2v) is 11.1. The molecule has 0 spiro atoms. The highest BCUT2D eigenvalue weighted by molar-refractivity contribution is 5.84. The molecule has 0 atom stereocenters. The second-order valence-electron chi connectivity index (χ2n) is 11.1. The zero-order chi connectivity index (χ0) is 27.1. The molecule has 0 unspecified atom stereocenters. The number of aliphatic carboxylic acids is 1. The van der Waals surface area contributed by atoms with Gasteiger partial charge >= 0.3 is 5.97 Å². The van der Waals surface area contributed by atoms with Crippen molar-refractivity contribution in [1.82, 2.24) is 0 Å². The van der Waals surface area contributed by atoms with Gasteiger partial charge in [0.1, 0.15) is 24.7 Å². The lowest BCUT2D eigenvalue weighted by Crippen LogP contribution is -2.11. The van der Waals surface area contributed by atoms with E-state index in [2.05, 4.69) is 95.2 Å². The Morgan fingerprint density at radius 3 is 1.78 bits per heavy atom. The van der Waals surface area contributed by atoms with Gasteiger partial charge in [-0.05, 0) is 51.3 Å². The van der Waals surface area contributed by atoms with Crippen molar-refractivity contribution in [3.8, 4) is 11.5 Å². The normalized spacial score (nSPS) is 11.9. The minimum Gasteiger partial charge on any atom is -0.489 e. The van der Waals surface area contributed by atoms with E-state index in [0.717, 1.165) is 11.1 Å². The molecule has 0 saturated carbocycles. The van der Waals surface area contributed by atoms with Crippen LogP contribution in [0, 0.1) is 0 Å². The van der Waals surface area contributed by atoms with Gasteiger partial charge in [0.2, 0.25) is 6.61 Å². The zero-order valence-electron chi connectivity index (χ0n) is 22.6. The van der Waals surface area contributed by atoms with Crippen LogP contribution in [0.2, 0.25) is 0 Å². The van der Waals surface area contributed by atoms with Gasteiger partial charge in [0.25, 0.3) is 0 Å². The standard InChI is InChI=1S/C31H37NO5/c1-30(2,3)25-11-7-22(8-12-25)19-35-27-15-16-28(24(17-27)18-32-37-21-29(33)34)36-20-23-9-13-26(14-10-23)31(4,5)6/h7-18H,19-21H2,1-6H3,(H,33,34)/b32-18+. The number of rotatable bonds is 10. The Morgan fingerprint density at radius 2 is 1.30 bits per heavy atom. The summed E-state index contributed by atoms with van der Waals surface area (Å²) in [5, 5.41) is 12.6. The minimum atomic E-state index is -1.10. The van der Waals surface area contributed by atoms with Gasteiger partial charge in [-0.25, -0.2) is 4.79 Å². The lowest BCUT2D eigenvalue weighted by molar-refractivity contribution is -0.142. The summed E-state index contributed by atoms with van der Waals surface area (Å²) in [7, 11) is 0. The molecule has 0 fully saturated rings. The molecule has 0 aliphatic heterocycles. The van der Waals surface area contributed by atoms with Gasteiger partial charge in [0.05, 0.1) is 6.21 Å². The van der Waals surface area contributed by atoms with Crippen molar-refractivity contribution in [3.05, 3.63) is 94.5 Å². The summed E-state index contributed by atoms with van der Waals surface area (Å²) in [4.78, 5) is 15.6. The SMILES string of the molecule is CC(C)(C)c1ccc(COc2ccc(OCc3ccc(C(C)(C)C)cc3)c(/C=N/OCC(=O)O)c2)cc1. The molecule has 0 amide bonds. The van der Waals surface area contributed by atoms with Gasteiger partial charge in [-0.15, -0.1) is 0 Å². The van der Waals surface area contributed by atoms with Crippen LogP contribution in [0.3, 0.4) is 0 Å². The third kappa shape index (κ3) is 8.67. The number of hydrogen-bond donors (Lipinski definition) is 1. The number of oxime groups is 1. The molecule has 6 heteroatoms. The minimum absolute atomic E-state index is 0.0867. The van der Waals surface area contributed by atoms with E-state index in [1.165, 1.54) is 17.3 Å². The van der Waals surface area contributed by atoms with Crippen LogP contribution < -0.4 is 9.47 Å². The first-order valence-corrected chi connectivity index (χ1v) is 12.4. The number of nitrogens with zero attached hydrogens (tertiary/aromatic N) is 1. The molecule has 37 heavy (non-hydrogen) atoms. The number of ether oxygens (including phenoxy) is 2. The molecular weight excluding hydrogens is 466 g/mol. The maximum atomic E-state index is 10.7. The van der Waals surface area contributed by atoms with Crippen LogP contribution in [0.5, 0.6) is 11.5 Å². The molecule has 3 rings (SSSR count). The van der Waals surface area contributed by atoms with Crippen molar-refractivity contribution in [1.29, 1.82) is 0 Å². The van der Waals surface area contributed by atoms with Gasteiger partial charge in [-0.1, -0.05) is 95.2 Å². The van der Waals surface area contributed by atoms with Crippen LogP contribution in [0.25, 0.3) is 0 Å². The summed E-state index contributed by atoms with van der Waals surface area (Å²) in [6.07, 6.45) is 1.44. The average molecular weight is 504 g/mol. The first-order valence-electron chi connectivity index (χ1n) is 12.4. The lowest BCUT2D eigenvalue weighted by Gasteiger charge is -2.19. The molecule has 1 N–H and O–H groups in total. The highest BCUT2D eigenvalue weighted by Crippen LogP contribution is 2.27. The second kappa shape index (κ2) is 12.0. The van der Waals surface area contributed by atoms with E-state index in [9.17, 15) is 4.79 Å². The summed E-state index contributed by atoms with van der Waals surface area (Å²) >= 11 is 0. The van der Waals surface area contributed by atoms with Gasteiger partial charge < -0.3 is 19.4 Å². The molecule has 3 aromatic carbocycles. The first-order chi connectivity index (χ1) is 17.4. The molecule has 0 radical (unpaired) electrons. The molecule has 0 aliphatic rings. The smallest absolute Gasteiger partial charge is 0.344 e. The largest absolute Gasteiger partial charge is 0.489 e. The van der Waals surface area contributed by atoms with Crippen LogP contribution in [0.1, 0.15) is 69.4 Å². The van der Waals surface area contributed by atoms with Crippen molar-refractivity contribution >= 4 is 12.2 Å². The fourth-order valence-electron chi connectivity index (χ4n) is 3.56. The summed E-state index contributed by atoms with van der Waals surface area (Å²) in [5.41, 5.74) is 5.44. The highest BCUT2D eigenvalue weighted by atomic mass is 16.6. The monoisotopic (exact) mass is 503 g/mol. The summed E-state index contributed by atoms with van der Waals surface area (Å²) in [5.74, 6) is 0.132. The van der Waals surface area contributed by atoms with E-state index in [1.807, 2.05) is 12.1 Å². The van der Waals surface area contributed by atoms with E-state index in [4.69, 9.17) is 19.4 Å². The van der Waals surface area contributed by atoms with Crippen molar-refractivity contribution in [2.24, 2.45) is 5.16 Å². The van der Waals surface area contributed by atoms with Crippen molar-refractivity contribution in [2.75, 3.05) is 6.61 Å². The number of carboxylic acid groups (broad SMARTS) is 1. The van der Waals surface area contributed by atoms with Crippen molar-refractivity contribution in [2.45, 2.75) is 65.6 Å². The quantitative estimate of drug-likeness (QED) is 0.241. The molecule has 0 bridgehead atoms. The maximum Gasteiger partial charge on any atom is 0.344 e. The van der Waals surface area contributed by atoms with Crippen LogP contribution in [-0.4, -0.2) is 23.9 Å². The number of carboxylic acids is 1. The van der Waals surface area contributed by atoms with Gasteiger partial charge in [0, 0.05) is 5.56 Å². The Morgan fingerprint density at radius 1 is 0.784 bits per heavy atom.